The zero-order valence-corrected chi connectivity index (χ0v) is 44.4. The number of unbranched alkanes of at least 4 members (excludes halogenated alkanes) is 37. The number of aliphatic hydroxyl groups excluding tert-OH is 1. The van der Waals surface area contributed by atoms with Gasteiger partial charge in [0.25, 0.3) is 0 Å². The number of nitrogens with one attached hydrogen (secondary N) is 1. The molecule has 0 aromatic carbocycles. The van der Waals surface area contributed by atoms with E-state index in [4.69, 9.17) is 9.05 Å². The molecule has 0 radical (unpaired) electrons. The van der Waals surface area contributed by atoms with Gasteiger partial charge < -0.3 is 19.8 Å². The monoisotopic (exact) mass is 928 g/mol. The van der Waals surface area contributed by atoms with Gasteiger partial charge in [0.1, 0.15) is 13.2 Å². The van der Waals surface area contributed by atoms with E-state index in [1.807, 2.05) is 21.1 Å². The van der Waals surface area contributed by atoms with Crippen LogP contribution in [-0.4, -0.2) is 73.4 Å². The summed E-state index contributed by atoms with van der Waals surface area (Å²) in [5.41, 5.74) is 0. The van der Waals surface area contributed by atoms with Gasteiger partial charge in [-0.25, -0.2) is 4.57 Å². The lowest BCUT2D eigenvalue weighted by molar-refractivity contribution is -0.870. The third-order valence-corrected chi connectivity index (χ3v) is 14.0. The first kappa shape index (κ1) is 63.2. The second-order valence-corrected chi connectivity index (χ2v) is 22.1. The molecule has 0 aliphatic rings. The van der Waals surface area contributed by atoms with Crippen LogP contribution in [0.3, 0.4) is 0 Å². The molecule has 3 N–H and O–H groups in total. The highest BCUT2D eigenvalue weighted by Gasteiger charge is 2.28. The van der Waals surface area contributed by atoms with Crippen molar-refractivity contribution in [2.75, 3.05) is 40.9 Å². The summed E-state index contributed by atoms with van der Waals surface area (Å²) in [6, 6.07) is -0.755. The molecule has 8 nitrogen and oxygen atoms in total. The summed E-state index contributed by atoms with van der Waals surface area (Å²) in [6.07, 6.45) is 57.1. The lowest BCUT2D eigenvalue weighted by Gasteiger charge is -2.26. The molecule has 0 saturated carbocycles. The van der Waals surface area contributed by atoms with Crippen molar-refractivity contribution >= 4 is 13.7 Å². The highest BCUT2D eigenvalue weighted by atomic mass is 31.2. The lowest BCUT2D eigenvalue weighted by atomic mass is 10.0. The number of amides is 1. The summed E-state index contributed by atoms with van der Waals surface area (Å²) < 4.78 is 23.7. The molecule has 3 unspecified atom stereocenters. The molecule has 0 aromatic heterocycles. The fourth-order valence-corrected chi connectivity index (χ4v) is 9.31. The number of phosphoric ester groups is 1. The van der Waals surface area contributed by atoms with Crippen LogP contribution in [0.25, 0.3) is 0 Å². The predicted molar refractivity (Wildman–Crippen MR) is 277 cm³/mol. The van der Waals surface area contributed by atoms with Gasteiger partial charge in [-0.3, -0.25) is 13.8 Å². The Bertz CT molecular complexity index is 1050. The SMILES string of the molecule is CCCCCCCCCC/C=C\CCCCCCCCCCCCCCCCCCCCCC(=O)NC(COP(=O)(O)OCC[N+](C)(C)C)C(O)CCCCCCCCCCCCC. The average Bonchev–Trinajstić information content (AvgIpc) is 3.25. The van der Waals surface area contributed by atoms with Gasteiger partial charge >= 0.3 is 7.82 Å². The van der Waals surface area contributed by atoms with Crippen molar-refractivity contribution in [2.45, 2.75) is 296 Å². The first-order valence-electron chi connectivity index (χ1n) is 28.1. The fourth-order valence-electron chi connectivity index (χ4n) is 8.57. The van der Waals surface area contributed by atoms with Gasteiger partial charge in [0.05, 0.1) is 39.9 Å². The van der Waals surface area contributed by atoms with Crippen molar-refractivity contribution in [2.24, 2.45) is 0 Å². The van der Waals surface area contributed by atoms with E-state index in [-0.39, 0.29) is 19.1 Å². The molecule has 1 amide bonds. The Morgan fingerprint density at radius 3 is 1.20 bits per heavy atom. The number of hydrogen-bond acceptors (Lipinski definition) is 5. The number of phosphoric acid groups is 1. The number of hydrogen-bond donors (Lipinski definition) is 3. The van der Waals surface area contributed by atoms with E-state index in [0.717, 1.165) is 38.5 Å². The third kappa shape index (κ3) is 49.2. The normalized spacial score (nSPS) is 14.0. The molecule has 0 spiro atoms. The highest BCUT2D eigenvalue weighted by Crippen LogP contribution is 2.43. The van der Waals surface area contributed by atoms with E-state index in [2.05, 4.69) is 31.3 Å². The largest absolute Gasteiger partial charge is 0.472 e. The Balaban J connectivity index is 3.95. The van der Waals surface area contributed by atoms with Crippen molar-refractivity contribution in [3.05, 3.63) is 12.2 Å². The van der Waals surface area contributed by atoms with E-state index < -0.39 is 20.0 Å². The number of carbonyl (C=O) groups excluding carboxylic acids is 1. The van der Waals surface area contributed by atoms with Crippen LogP contribution in [0.1, 0.15) is 284 Å². The Kier molecular flexibility index (Phi) is 46.8. The maximum Gasteiger partial charge on any atom is 0.472 e. The Hall–Kier alpha value is -0.760. The van der Waals surface area contributed by atoms with Crippen LogP contribution >= 0.6 is 7.82 Å². The third-order valence-electron chi connectivity index (χ3n) is 13.0. The standard InChI is InChI=1S/C55H111N2O6P/c1-6-8-10-12-14-16-18-19-20-21-22-23-24-25-26-27-28-29-30-31-32-33-34-35-36-37-39-41-43-45-47-49-55(59)56-53(52-63-64(60,61)62-51-50-57(3,4)5)54(58)48-46-44-42-40-38-17-15-13-11-9-7-2/h21-22,53-54,58H,6-20,23-52H2,1-5H3,(H-,56,59,60,61)/p+1/b22-21-. The lowest BCUT2D eigenvalue weighted by Crippen LogP contribution is -2.46. The molecular weight excluding hydrogens is 816 g/mol. The molecule has 0 aliphatic carbocycles. The van der Waals surface area contributed by atoms with Crippen molar-refractivity contribution in [3.8, 4) is 0 Å². The highest BCUT2D eigenvalue weighted by molar-refractivity contribution is 7.47. The summed E-state index contributed by atoms with van der Waals surface area (Å²) >= 11 is 0. The molecule has 64 heavy (non-hydrogen) atoms. The Labute approximate surface area is 399 Å². The summed E-state index contributed by atoms with van der Waals surface area (Å²) in [6.45, 7) is 4.91. The summed E-state index contributed by atoms with van der Waals surface area (Å²) in [4.78, 5) is 23.2. The minimum absolute atomic E-state index is 0.0776. The minimum atomic E-state index is -4.31. The fraction of sp³-hybridized carbons (Fsp3) is 0.945. The summed E-state index contributed by atoms with van der Waals surface area (Å²) in [5, 5.41) is 14.0. The van der Waals surface area contributed by atoms with Crippen molar-refractivity contribution in [1.82, 2.24) is 5.32 Å². The number of nitrogens with zero attached hydrogens (tertiary/aromatic N) is 1. The predicted octanol–water partition coefficient (Wildman–Crippen LogP) is 16.7. The van der Waals surface area contributed by atoms with Gasteiger partial charge in [-0.1, -0.05) is 251 Å². The second-order valence-electron chi connectivity index (χ2n) is 20.7. The first-order valence-corrected chi connectivity index (χ1v) is 29.5. The molecular formula is C55H112N2O6P+. The molecule has 0 saturated heterocycles. The summed E-state index contributed by atoms with van der Waals surface area (Å²) in [5.74, 6) is -0.140. The van der Waals surface area contributed by atoms with E-state index in [1.165, 1.54) is 218 Å². The molecule has 9 heteroatoms. The smallest absolute Gasteiger partial charge is 0.391 e. The topological polar surface area (TPSA) is 105 Å². The number of rotatable bonds is 52. The van der Waals surface area contributed by atoms with Crippen molar-refractivity contribution < 1.29 is 32.9 Å². The van der Waals surface area contributed by atoms with E-state index in [9.17, 15) is 19.4 Å². The van der Waals surface area contributed by atoms with Gasteiger partial charge in [0.2, 0.25) is 5.91 Å². The zero-order chi connectivity index (χ0) is 47.1. The van der Waals surface area contributed by atoms with Gasteiger partial charge in [-0.05, 0) is 38.5 Å². The second kappa shape index (κ2) is 47.3. The van der Waals surface area contributed by atoms with Crippen molar-refractivity contribution in [3.63, 3.8) is 0 Å². The van der Waals surface area contributed by atoms with Crippen LogP contribution in [0.15, 0.2) is 12.2 Å². The molecule has 0 rings (SSSR count). The minimum Gasteiger partial charge on any atom is -0.391 e. The molecule has 382 valence electrons. The van der Waals surface area contributed by atoms with E-state index in [0.29, 0.717) is 23.9 Å². The van der Waals surface area contributed by atoms with Gasteiger partial charge in [0, 0.05) is 6.42 Å². The number of likely N-dealkylation sites (N-methyl/N-ethyl adjacent to an activating group) is 1. The van der Waals surface area contributed by atoms with Crippen LogP contribution < -0.4 is 5.32 Å². The number of aliphatic hydroxyl groups is 1. The van der Waals surface area contributed by atoms with Crippen LogP contribution in [0.2, 0.25) is 0 Å². The van der Waals surface area contributed by atoms with Crippen molar-refractivity contribution in [1.29, 1.82) is 0 Å². The number of carbonyl (C=O) groups is 1. The average molecular weight is 928 g/mol. The maximum atomic E-state index is 12.9. The zero-order valence-electron chi connectivity index (χ0n) is 43.6. The van der Waals surface area contributed by atoms with Crippen LogP contribution in [0.5, 0.6) is 0 Å². The molecule has 0 bridgehead atoms. The quantitative estimate of drug-likeness (QED) is 0.0243. The number of allylic oxidation sites excluding steroid dienone is 2. The molecule has 0 heterocycles. The molecule has 0 aliphatic heterocycles. The molecule has 0 aromatic rings. The van der Waals surface area contributed by atoms with Gasteiger partial charge in [-0.2, -0.15) is 0 Å². The van der Waals surface area contributed by atoms with E-state index >= 15 is 0 Å². The van der Waals surface area contributed by atoms with Gasteiger partial charge in [-0.15, -0.1) is 0 Å². The first-order chi connectivity index (χ1) is 31.0. The van der Waals surface area contributed by atoms with Gasteiger partial charge in [0.15, 0.2) is 0 Å². The molecule has 0 fully saturated rings. The summed E-state index contributed by atoms with van der Waals surface area (Å²) in [7, 11) is 1.63. The van der Waals surface area contributed by atoms with E-state index in [1.54, 1.807) is 0 Å². The Morgan fingerprint density at radius 1 is 0.516 bits per heavy atom. The Morgan fingerprint density at radius 2 is 0.844 bits per heavy atom. The molecule has 3 atom stereocenters. The van der Waals surface area contributed by atoms with Crippen LogP contribution in [-0.2, 0) is 18.4 Å². The number of quaternary nitrogens is 1. The van der Waals surface area contributed by atoms with Crippen LogP contribution in [0.4, 0.5) is 0 Å². The van der Waals surface area contributed by atoms with Crippen LogP contribution in [0, 0.1) is 0 Å². The maximum absolute atomic E-state index is 12.9.